The second-order valence-corrected chi connectivity index (χ2v) is 5.45. The molecule has 0 aliphatic heterocycles. The van der Waals surface area contributed by atoms with Crippen LogP contribution in [0.1, 0.15) is 22.0 Å². The molecule has 5 heteroatoms. The van der Waals surface area contributed by atoms with Crippen LogP contribution in [-0.2, 0) is 7.05 Å². The highest BCUT2D eigenvalue weighted by atomic mass is 19.1. The van der Waals surface area contributed by atoms with E-state index in [2.05, 4.69) is 5.32 Å². The summed E-state index contributed by atoms with van der Waals surface area (Å²) in [4.78, 5) is 12.0. The van der Waals surface area contributed by atoms with Gasteiger partial charge in [-0.15, -0.1) is 0 Å². The van der Waals surface area contributed by atoms with Gasteiger partial charge in [0.2, 0.25) is 0 Å². The van der Waals surface area contributed by atoms with Crippen molar-refractivity contribution in [3.8, 4) is 0 Å². The number of carbonyl (C=O) groups excluding carboxylic acids is 1. The highest BCUT2D eigenvalue weighted by Crippen LogP contribution is 2.25. The molecular weight excluding hydrogens is 295 g/mol. The van der Waals surface area contributed by atoms with Crippen molar-refractivity contribution in [3.05, 3.63) is 71.7 Å². The summed E-state index contributed by atoms with van der Waals surface area (Å²) in [5.74, 6) is -0.735. The molecule has 0 spiro atoms. The molecule has 0 saturated heterocycles. The lowest BCUT2D eigenvalue weighted by Crippen LogP contribution is -2.28. The van der Waals surface area contributed by atoms with E-state index in [1.807, 2.05) is 42.1 Å². The van der Waals surface area contributed by atoms with Crippen molar-refractivity contribution in [2.75, 3.05) is 6.54 Å². The van der Waals surface area contributed by atoms with Gasteiger partial charge < -0.3 is 15.0 Å². The molecule has 3 aromatic rings. The monoisotopic (exact) mass is 312 g/mol. The topological polar surface area (TPSA) is 54.3 Å². The predicted molar refractivity (Wildman–Crippen MR) is 86.6 cm³/mol. The van der Waals surface area contributed by atoms with Crippen LogP contribution in [0.5, 0.6) is 0 Å². The minimum absolute atomic E-state index is 0.0875. The number of aliphatic hydroxyl groups is 1. The number of amides is 1. The van der Waals surface area contributed by atoms with Crippen molar-refractivity contribution < 1.29 is 14.3 Å². The van der Waals surface area contributed by atoms with Gasteiger partial charge >= 0.3 is 0 Å². The Hall–Kier alpha value is -2.66. The van der Waals surface area contributed by atoms with Gasteiger partial charge in [-0.2, -0.15) is 0 Å². The highest BCUT2D eigenvalue weighted by Gasteiger charge is 2.15. The first kappa shape index (κ1) is 15.2. The van der Waals surface area contributed by atoms with E-state index in [4.69, 9.17) is 0 Å². The standard InChI is InChI=1S/C18H17FN2O2/c1-21-11-15(14-4-2-3-5-16(14)21)17(22)10-20-18(23)12-6-8-13(19)9-7-12/h2-9,11,17,22H,10H2,1H3,(H,20,23). The van der Waals surface area contributed by atoms with Crippen molar-refractivity contribution in [1.29, 1.82) is 0 Å². The molecule has 1 amide bonds. The summed E-state index contributed by atoms with van der Waals surface area (Å²) < 4.78 is 14.8. The van der Waals surface area contributed by atoms with Crippen molar-refractivity contribution >= 4 is 16.8 Å². The van der Waals surface area contributed by atoms with Gasteiger partial charge in [0.05, 0.1) is 6.10 Å². The van der Waals surface area contributed by atoms with Crippen LogP contribution < -0.4 is 5.32 Å². The molecule has 4 nitrogen and oxygen atoms in total. The Bertz CT molecular complexity index is 840. The second kappa shape index (κ2) is 6.22. The van der Waals surface area contributed by atoms with Gasteiger partial charge in [0, 0.05) is 41.8 Å². The average molecular weight is 312 g/mol. The number of fused-ring (bicyclic) bond motifs is 1. The van der Waals surface area contributed by atoms with Gasteiger partial charge in [-0.25, -0.2) is 4.39 Å². The Morgan fingerprint density at radius 2 is 1.91 bits per heavy atom. The van der Waals surface area contributed by atoms with Crippen molar-refractivity contribution in [2.45, 2.75) is 6.10 Å². The largest absolute Gasteiger partial charge is 0.386 e. The molecule has 0 saturated carbocycles. The van der Waals surface area contributed by atoms with Crippen molar-refractivity contribution in [1.82, 2.24) is 9.88 Å². The van der Waals surface area contributed by atoms with E-state index in [9.17, 15) is 14.3 Å². The maximum atomic E-state index is 12.9. The minimum atomic E-state index is -0.814. The normalized spacial score (nSPS) is 12.3. The molecule has 0 radical (unpaired) electrons. The van der Waals surface area contributed by atoms with Gasteiger partial charge in [-0.3, -0.25) is 4.79 Å². The summed E-state index contributed by atoms with van der Waals surface area (Å²) in [6.45, 7) is 0.0875. The molecule has 2 N–H and O–H groups in total. The fourth-order valence-corrected chi connectivity index (χ4v) is 2.64. The number of aryl methyl sites for hydroxylation is 1. The molecule has 1 unspecified atom stereocenters. The van der Waals surface area contributed by atoms with Gasteiger partial charge in [-0.05, 0) is 30.3 Å². The second-order valence-electron chi connectivity index (χ2n) is 5.45. The molecule has 1 heterocycles. The quantitative estimate of drug-likeness (QED) is 0.778. The Morgan fingerprint density at radius 3 is 2.65 bits per heavy atom. The number of hydrogen-bond donors (Lipinski definition) is 2. The fourth-order valence-electron chi connectivity index (χ4n) is 2.64. The van der Waals surface area contributed by atoms with E-state index < -0.39 is 11.9 Å². The van der Waals surface area contributed by atoms with Gasteiger partial charge in [-0.1, -0.05) is 18.2 Å². The lowest BCUT2D eigenvalue weighted by molar-refractivity contribution is 0.0917. The molecule has 1 atom stereocenters. The number of aromatic nitrogens is 1. The van der Waals surface area contributed by atoms with Crippen LogP contribution in [-0.4, -0.2) is 22.1 Å². The summed E-state index contributed by atoms with van der Waals surface area (Å²) in [7, 11) is 1.91. The van der Waals surface area contributed by atoms with Crippen LogP contribution in [0.15, 0.2) is 54.7 Å². The SMILES string of the molecule is Cn1cc(C(O)CNC(=O)c2ccc(F)cc2)c2ccccc21. The van der Waals surface area contributed by atoms with E-state index >= 15 is 0 Å². The number of nitrogens with one attached hydrogen (secondary N) is 1. The molecule has 0 aliphatic carbocycles. The summed E-state index contributed by atoms with van der Waals surface area (Å²) in [6, 6.07) is 13.1. The number of hydrogen-bond acceptors (Lipinski definition) is 2. The summed E-state index contributed by atoms with van der Waals surface area (Å²) in [5, 5.41) is 14.0. The lowest BCUT2D eigenvalue weighted by atomic mass is 10.1. The molecule has 0 aliphatic rings. The summed E-state index contributed by atoms with van der Waals surface area (Å²) in [6.07, 6.45) is 1.05. The number of nitrogens with zero attached hydrogens (tertiary/aromatic N) is 1. The number of aliphatic hydroxyl groups excluding tert-OH is 1. The van der Waals surface area contributed by atoms with E-state index in [1.165, 1.54) is 24.3 Å². The lowest BCUT2D eigenvalue weighted by Gasteiger charge is -2.11. The van der Waals surface area contributed by atoms with E-state index in [0.717, 1.165) is 16.5 Å². The zero-order valence-electron chi connectivity index (χ0n) is 12.7. The Kier molecular flexibility index (Phi) is 4.12. The maximum Gasteiger partial charge on any atom is 0.251 e. The smallest absolute Gasteiger partial charge is 0.251 e. The molecule has 0 fully saturated rings. The van der Waals surface area contributed by atoms with Gasteiger partial charge in [0.25, 0.3) is 5.91 Å². The first-order valence-electron chi connectivity index (χ1n) is 7.32. The molecule has 1 aromatic heterocycles. The molecule has 118 valence electrons. The zero-order chi connectivity index (χ0) is 16.4. The van der Waals surface area contributed by atoms with Crippen molar-refractivity contribution in [3.63, 3.8) is 0 Å². The van der Waals surface area contributed by atoms with Crippen LogP contribution in [0.3, 0.4) is 0 Å². The Labute approximate surface area is 133 Å². The Balaban J connectivity index is 1.72. The van der Waals surface area contributed by atoms with Crippen molar-refractivity contribution in [2.24, 2.45) is 7.05 Å². The van der Waals surface area contributed by atoms with Gasteiger partial charge in [0.15, 0.2) is 0 Å². The van der Waals surface area contributed by atoms with Crippen LogP contribution in [0.25, 0.3) is 10.9 Å². The van der Waals surface area contributed by atoms with Crippen LogP contribution >= 0.6 is 0 Å². The number of halogens is 1. The van der Waals surface area contributed by atoms with E-state index in [-0.39, 0.29) is 12.5 Å². The van der Waals surface area contributed by atoms with Crippen LogP contribution in [0.4, 0.5) is 4.39 Å². The number of para-hydroxylation sites is 1. The van der Waals surface area contributed by atoms with Crippen LogP contribution in [0.2, 0.25) is 0 Å². The first-order valence-corrected chi connectivity index (χ1v) is 7.32. The molecule has 0 bridgehead atoms. The molecule has 3 rings (SSSR count). The summed E-state index contributed by atoms with van der Waals surface area (Å²) in [5.41, 5.74) is 2.14. The molecule has 2 aromatic carbocycles. The number of carbonyl (C=O) groups is 1. The van der Waals surface area contributed by atoms with Gasteiger partial charge in [0.1, 0.15) is 5.82 Å². The summed E-state index contributed by atoms with van der Waals surface area (Å²) >= 11 is 0. The third-order valence-electron chi connectivity index (χ3n) is 3.85. The maximum absolute atomic E-state index is 12.9. The zero-order valence-corrected chi connectivity index (χ0v) is 12.7. The Morgan fingerprint density at radius 1 is 1.22 bits per heavy atom. The van der Waals surface area contributed by atoms with E-state index in [0.29, 0.717) is 5.56 Å². The predicted octanol–water partition coefficient (Wildman–Crippen LogP) is 2.78. The van der Waals surface area contributed by atoms with E-state index in [1.54, 1.807) is 0 Å². The third-order valence-corrected chi connectivity index (χ3v) is 3.85. The van der Waals surface area contributed by atoms with Crippen LogP contribution in [0, 0.1) is 5.82 Å². The minimum Gasteiger partial charge on any atom is -0.386 e. The molecular formula is C18H17FN2O2. The number of benzene rings is 2. The fraction of sp³-hybridized carbons (Fsp3) is 0.167. The third kappa shape index (κ3) is 3.10. The first-order chi connectivity index (χ1) is 11.1. The number of rotatable bonds is 4. The average Bonchev–Trinajstić information content (AvgIpc) is 2.90. The molecule has 23 heavy (non-hydrogen) atoms. The highest BCUT2D eigenvalue weighted by molar-refractivity contribution is 5.94.